The summed E-state index contributed by atoms with van der Waals surface area (Å²) < 4.78 is 0. The van der Waals surface area contributed by atoms with Gasteiger partial charge in [-0.15, -0.1) is 0 Å². The molecule has 0 amide bonds. The Morgan fingerprint density at radius 2 is 1.82 bits per heavy atom. The molecule has 17 heavy (non-hydrogen) atoms. The first kappa shape index (κ1) is 10.6. The van der Waals surface area contributed by atoms with Gasteiger partial charge in [0.15, 0.2) is 0 Å². The highest BCUT2D eigenvalue weighted by Crippen LogP contribution is 2.41. The summed E-state index contributed by atoms with van der Waals surface area (Å²) in [6, 6.07) is 9.89. The third kappa shape index (κ3) is 1.45. The zero-order chi connectivity index (χ0) is 12.0. The lowest BCUT2D eigenvalue weighted by atomic mass is 9.82. The van der Waals surface area contributed by atoms with Crippen molar-refractivity contribution in [1.82, 2.24) is 4.90 Å². The van der Waals surface area contributed by atoms with Gasteiger partial charge >= 0.3 is 0 Å². The van der Waals surface area contributed by atoms with Crippen LogP contribution in [0.3, 0.4) is 0 Å². The van der Waals surface area contributed by atoms with Gasteiger partial charge in [-0.3, -0.25) is 0 Å². The van der Waals surface area contributed by atoms with Crippen LogP contribution < -0.4 is 0 Å². The fraction of sp³-hybridized carbons (Fsp3) is 0.375. The molecule has 3 atom stereocenters. The fourth-order valence-electron chi connectivity index (χ4n) is 3.15. The average Bonchev–Trinajstić information content (AvgIpc) is 2.36. The van der Waals surface area contributed by atoms with Crippen LogP contribution in [0.25, 0.3) is 5.70 Å². The van der Waals surface area contributed by atoms with Gasteiger partial charge in [-0.25, -0.2) is 0 Å². The van der Waals surface area contributed by atoms with Gasteiger partial charge in [0.25, 0.3) is 0 Å². The van der Waals surface area contributed by atoms with Gasteiger partial charge < -0.3 is 4.90 Å². The molecule has 2 aliphatic heterocycles. The molecule has 1 aromatic rings. The molecule has 3 unspecified atom stereocenters. The molecule has 0 aromatic heterocycles. The lowest BCUT2D eigenvalue weighted by molar-refractivity contribution is 0.238. The highest BCUT2D eigenvalue weighted by molar-refractivity contribution is 5.72. The third-order valence-corrected chi connectivity index (χ3v) is 4.25. The second-order valence-electron chi connectivity index (χ2n) is 5.20. The van der Waals surface area contributed by atoms with E-state index in [0.29, 0.717) is 18.0 Å². The fourth-order valence-corrected chi connectivity index (χ4v) is 3.15. The van der Waals surface area contributed by atoms with E-state index in [9.17, 15) is 0 Å². The molecule has 0 bridgehead atoms. The second kappa shape index (κ2) is 3.76. The van der Waals surface area contributed by atoms with Crippen LogP contribution in [-0.4, -0.2) is 17.0 Å². The van der Waals surface area contributed by atoms with Gasteiger partial charge in [0.05, 0.1) is 0 Å². The van der Waals surface area contributed by atoms with E-state index in [1.165, 1.54) is 16.8 Å². The van der Waals surface area contributed by atoms with Crippen molar-refractivity contribution >= 4 is 5.70 Å². The van der Waals surface area contributed by atoms with Crippen LogP contribution in [0.1, 0.15) is 37.8 Å². The van der Waals surface area contributed by atoms with E-state index in [4.69, 9.17) is 0 Å². The second-order valence-corrected chi connectivity index (χ2v) is 5.20. The average molecular weight is 225 g/mol. The molecule has 2 heterocycles. The van der Waals surface area contributed by atoms with Crippen LogP contribution in [0.5, 0.6) is 0 Å². The Kier molecular flexibility index (Phi) is 2.36. The summed E-state index contributed by atoms with van der Waals surface area (Å²) in [6.07, 6.45) is 6.72. The van der Waals surface area contributed by atoms with Crippen molar-refractivity contribution in [3.05, 3.63) is 53.6 Å². The van der Waals surface area contributed by atoms with Crippen molar-refractivity contribution in [2.45, 2.75) is 38.8 Å². The Labute approximate surface area is 103 Å². The summed E-state index contributed by atoms with van der Waals surface area (Å²) in [5.41, 5.74) is 4.29. The number of fused-ring (bicyclic) bond motifs is 3. The Bertz CT molecular complexity index is 498. The van der Waals surface area contributed by atoms with Crippen molar-refractivity contribution < 1.29 is 0 Å². The highest BCUT2D eigenvalue weighted by Gasteiger charge is 2.34. The van der Waals surface area contributed by atoms with E-state index in [1.807, 2.05) is 0 Å². The predicted octanol–water partition coefficient (Wildman–Crippen LogP) is 3.79. The maximum atomic E-state index is 2.55. The molecule has 1 nitrogen and oxygen atoms in total. The van der Waals surface area contributed by atoms with Gasteiger partial charge in [0.1, 0.15) is 0 Å². The molecule has 0 aliphatic carbocycles. The number of nitrogens with zero attached hydrogens (tertiary/aromatic N) is 1. The van der Waals surface area contributed by atoms with E-state index < -0.39 is 0 Å². The number of allylic oxidation sites excluding steroid dienone is 2. The number of hydrogen-bond acceptors (Lipinski definition) is 1. The lowest BCUT2D eigenvalue weighted by Crippen LogP contribution is -2.44. The lowest BCUT2D eigenvalue weighted by Gasteiger charge is -2.46. The minimum atomic E-state index is 0.501. The van der Waals surface area contributed by atoms with Crippen molar-refractivity contribution in [3.8, 4) is 0 Å². The molecule has 1 heteroatoms. The zero-order valence-electron chi connectivity index (χ0n) is 10.7. The summed E-state index contributed by atoms with van der Waals surface area (Å²) in [5.74, 6) is 0.595. The third-order valence-electron chi connectivity index (χ3n) is 4.25. The SMILES string of the molecule is CC1c2ccccc2C2=CC=CC(C)N2C1C. The summed E-state index contributed by atoms with van der Waals surface area (Å²) in [6.45, 7) is 6.95. The van der Waals surface area contributed by atoms with Crippen molar-refractivity contribution in [1.29, 1.82) is 0 Å². The van der Waals surface area contributed by atoms with Crippen LogP contribution in [0, 0.1) is 0 Å². The first-order valence-electron chi connectivity index (χ1n) is 6.46. The summed E-state index contributed by atoms with van der Waals surface area (Å²) in [5, 5.41) is 0. The molecular formula is C16H19N. The Balaban J connectivity index is 2.20. The zero-order valence-corrected chi connectivity index (χ0v) is 10.7. The van der Waals surface area contributed by atoms with Gasteiger partial charge in [0, 0.05) is 29.3 Å². The Morgan fingerprint density at radius 1 is 1.06 bits per heavy atom. The normalized spacial score (nSPS) is 30.6. The minimum absolute atomic E-state index is 0.501. The van der Waals surface area contributed by atoms with Crippen LogP contribution >= 0.6 is 0 Å². The topological polar surface area (TPSA) is 3.24 Å². The molecule has 0 N–H and O–H groups in total. The van der Waals surface area contributed by atoms with Gasteiger partial charge in [-0.05, 0) is 25.5 Å². The van der Waals surface area contributed by atoms with E-state index >= 15 is 0 Å². The smallest absolute Gasteiger partial charge is 0.0451 e. The first-order chi connectivity index (χ1) is 8.20. The van der Waals surface area contributed by atoms with Gasteiger partial charge in [-0.2, -0.15) is 0 Å². The van der Waals surface area contributed by atoms with Crippen LogP contribution in [0.15, 0.2) is 42.5 Å². The number of hydrogen-bond donors (Lipinski definition) is 0. The minimum Gasteiger partial charge on any atom is -0.362 e. The molecule has 88 valence electrons. The molecular weight excluding hydrogens is 206 g/mol. The standard InChI is InChI=1S/C16H19N/c1-11-7-6-10-16-15-9-5-4-8-14(15)12(2)13(3)17(11)16/h4-13H,1-3H3. The molecule has 2 aliphatic rings. The highest BCUT2D eigenvalue weighted by atomic mass is 15.2. The van der Waals surface area contributed by atoms with Crippen molar-refractivity contribution in [2.75, 3.05) is 0 Å². The number of rotatable bonds is 0. The van der Waals surface area contributed by atoms with Gasteiger partial charge in [0.2, 0.25) is 0 Å². The van der Waals surface area contributed by atoms with E-state index in [0.717, 1.165) is 0 Å². The molecule has 3 rings (SSSR count). The molecule has 1 aromatic carbocycles. The molecule has 0 saturated heterocycles. The van der Waals surface area contributed by atoms with E-state index in [2.05, 4.69) is 68.2 Å². The van der Waals surface area contributed by atoms with Crippen molar-refractivity contribution in [3.63, 3.8) is 0 Å². The van der Waals surface area contributed by atoms with Crippen molar-refractivity contribution in [2.24, 2.45) is 0 Å². The summed E-state index contributed by atoms with van der Waals surface area (Å²) >= 11 is 0. The first-order valence-corrected chi connectivity index (χ1v) is 6.46. The summed E-state index contributed by atoms with van der Waals surface area (Å²) in [4.78, 5) is 2.55. The summed E-state index contributed by atoms with van der Waals surface area (Å²) in [7, 11) is 0. The molecule has 0 radical (unpaired) electrons. The van der Waals surface area contributed by atoms with Crippen LogP contribution in [0.2, 0.25) is 0 Å². The van der Waals surface area contributed by atoms with E-state index in [-0.39, 0.29) is 0 Å². The maximum absolute atomic E-state index is 2.55. The Hall–Kier alpha value is -1.50. The largest absolute Gasteiger partial charge is 0.362 e. The van der Waals surface area contributed by atoms with Crippen LogP contribution in [0.4, 0.5) is 0 Å². The molecule has 0 fully saturated rings. The number of benzene rings is 1. The maximum Gasteiger partial charge on any atom is 0.0451 e. The van der Waals surface area contributed by atoms with E-state index in [1.54, 1.807) is 0 Å². The monoisotopic (exact) mass is 225 g/mol. The van der Waals surface area contributed by atoms with Gasteiger partial charge in [-0.1, -0.05) is 43.3 Å². The van der Waals surface area contributed by atoms with Crippen LogP contribution in [-0.2, 0) is 0 Å². The quantitative estimate of drug-likeness (QED) is 0.649. The Morgan fingerprint density at radius 3 is 2.65 bits per heavy atom. The molecule has 0 spiro atoms. The molecule has 0 saturated carbocycles. The predicted molar refractivity (Wildman–Crippen MR) is 72.7 cm³/mol.